The van der Waals surface area contributed by atoms with E-state index in [1.54, 1.807) is 4.68 Å². The van der Waals surface area contributed by atoms with Crippen molar-refractivity contribution in [2.75, 3.05) is 11.9 Å². The molecule has 2 aromatic carbocycles. The fourth-order valence-electron chi connectivity index (χ4n) is 3.06. The van der Waals surface area contributed by atoms with Crippen LogP contribution in [0.3, 0.4) is 0 Å². The first-order valence-electron chi connectivity index (χ1n) is 9.49. The van der Waals surface area contributed by atoms with Crippen molar-refractivity contribution in [1.29, 1.82) is 0 Å². The van der Waals surface area contributed by atoms with Crippen LogP contribution in [0.1, 0.15) is 47.7 Å². The molecule has 152 valence electrons. The van der Waals surface area contributed by atoms with Crippen LogP contribution in [0.15, 0.2) is 48.5 Å². The molecular weight excluding hydrogens is 409 g/mol. The molecule has 0 bridgehead atoms. The van der Waals surface area contributed by atoms with E-state index in [2.05, 4.69) is 20.7 Å². The Morgan fingerprint density at radius 1 is 1.17 bits per heavy atom. The van der Waals surface area contributed by atoms with Gasteiger partial charge in [-0.2, -0.15) is 0 Å². The summed E-state index contributed by atoms with van der Waals surface area (Å²) in [6.07, 6.45) is 2.10. The van der Waals surface area contributed by atoms with Gasteiger partial charge in [-0.3, -0.25) is 4.79 Å². The maximum Gasteiger partial charge on any atom is 0.295 e. The molecule has 0 saturated heterocycles. The van der Waals surface area contributed by atoms with Crippen molar-refractivity contribution in [2.45, 2.75) is 32.2 Å². The minimum absolute atomic E-state index is 0. The molecular formula is C21H23Cl2N5O. The van der Waals surface area contributed by atoms with Crippen molar-refractivity contribution in [2.24, 2.45) is 0 Å². The lowest BCUT2D eigenvalue weighted by Crippen LogP contribution is -2.18. The summed E-state index contributed by atoms with van der Waals surface area (Å²) < 4.78 is 1.71. The van der Waals surface area contributed by atoms with Crippen LogP contribution in [-0.2, 0) is 6.54 Å². The summed E-state index contributed by atoms with van der Waals surface area (Å²) in [5, 5.41) is 11.3. The van der Waals surface area contributed by atoms with Crippen molar-refractivity contribution in [3.63, 3.8) is 0 Å². The van der Waals surface area contributed by atoms with Gasteiger partial charge in [0.15, 0.2) is 0 Å². The number of amides is 1. The molecule has 1 aliphatic carbocycles. The van der Waals surface area contributed by atoms with Gasteiger partial charge in [-0.25, -0.2) is 9.67 Å². The van der Waals surface area contributed by atoms with Gasteiger partial charge >= 0.3 is 0 Å². The van der Waals surface area contributed by atoms with Crippen molar-refractivity contribution in [3.05, 3.63) is 70.8 Å². The SMILES string of the molecule is CCNCc1ccccc1NC(=O)c1nc(C2CC2)n(-c2ccccc2Cl)n1.Cl. The van der Waals surface area contributed by atoms with Crippen LogP contribution in [0.2, 0.25) is 5.02 Å². The second-order valence-corrected chi connectivity index (χ2v) is 7.23. The van der Waals surface area contributed by atoms with E-state index in [4.69, 9.17) is 11.6 Å². The lowest BCUT2D eigenvalue weighted by Gasteiger charge is -2.10. The molecule has 1 aliphatic rings. The summed E-state index contributed by atoms with van der Waals surface area (Å²) in [7, 11) is 0. The number of benzene rings is 2. The summed E-state index contributed by atoms with van der Waals surface area (Å²) in [6.45, 7) is 3.59. The summed E-state index contributed by atoms with van der Waals surface area (Å²) in [4.78, 5) is 17.4. The van der Waals surface area contributed by atoms with Gasteiger partial charge in [0.25, 0.3) is 5.91 Å². The number of hydrogen-bond acceptors (Lipinski definition) is 4. The van der Waals surface area contributed by atoms with Crippen LogP contribution >= 0.6 is 24.0 Å². The molecule has 4 rings (SSSR count). The minimum Gasteiger partial charge on any atom is -0.319 e. The van der Waals surface area contributed by atoms with Crippen LogP contribution in [0.5, 0.6) is 0 Å². The molecule has 0 atom stereocenters. The number of para-hydroxylation sites is 2. The Balaban J connectivity index is 0.00000240. The third kappa shape index (κ3) is 4.78. The highest BCUT2D eigenvalue weighted by molar-refractivity contribution is 6.32. The van der Waals surface area contributed by atoms with Gasteiger partial charge in [0.1, 0.15) is 5.82 Å². The van der Waals surface area contributed by atoms with Crippen molar-refractivity contribution < 1.29 is 4.79 Å². The molecule has 1 aromatic heterocycles. The number of aromatic nitrogens is 3. The van der Waals surface area contributed by atoms with Gasteiger partial charge in [0, 0.05) is 18.2 Å². The Kier molecular flexibility index (Phi) is 6.90. The fourth-order valence-corrected chi connectivity index (χ4v) is 3.28. The molecule has 1 saturated carbocycles. The van der Waals surface area contributed by atoms with Crippen molar-refractivity contribution in [1.82, 2.24) is 20.1 Å². The number of anilines is 1. The van der Waals surface area contributed by atoms with Gasteiger partial charge in [-0.05, 0) is 43.1 Å². The van der Waals surface area contributed by atoms with E-state index >= 15 is 0 Å². The highest BCUT2D eigenvalue weighted by Crippen LogP contribution is 2.40. The summed E-state index contributed by atoms with van der Waals surface area (Å²) in [5.74, 6) is 0.947. The number of hydrogen-bond donors (Lipinski definition) is 2. The van der Waals surface area contributed by atoms with Crippen LogP contribution in [-0.4, -0.2) is 27.2 Å². The van der Waals surface area contributed by atoms with E-state index < -0.39 is 0 Å². The van der Waals surface area contributed by atoms with Crippen LogP contribution in [0, 0.1) is 0 Å². The predicted molar refractivity (Wildman–Crippen MR) is 117 cm³/mol. The Labute approximate surface area is 181 Å². The second kappa shape index (κ2) is 9.39. The lowest BCUT2D eigenvalue weighted by atomic mass is 10.1. The summed E-state index contributed by atoms with van der Waals surface area (Å²) >= 11 is 6.35. The maximum atomic E-state index is 12.9. The molecule has 0 aliphatic heterocycles. The smallest absolute Gasteiger partial charge is 0.295 e. The van der Waals surface area contributed by atoms with E-state index in [9.17, 15) is 4.79 Å². The van der Waals surface area contributed by atoms with Gasteiger partial charge in [-0.1, -0.05) is 48.9 Å². The molecule has 1 fully saturated rings. The third-order valence-electron chi connectivity index (χ3n) is 4.69. The highest BCUT2D eigenvalue weighted by atomic mass is 35.5. The zero-order valence-electron chi connectivity index (χ0n) is 16.1. The van der Waals surface area contributed by atoms with E-state index in [-0.39, 0.29) is 24.1 Å². The second-order valence-electron chi connectivity index (χ2n) is 6.82. The van der Waals surface area contributed by atoms with E-state index in [0.29, 0.717) is 17.5 Å². The molecule has 1 amide bonds. The van der Waals surface area contributed by atoms with Gasteiger partial charge < -0.3 is 10.6 Å². The molecule has 0 radical (unpaired) electrons. The predicted octanol–water partition coefficient (Wildman–Crippen LogP) is 4.58. The minimum atomic E-state index is -0.323. The van der Waals surface area contributed by atoms with E-state index in [1.165, 1.54) is 0 Å². The fraction of sp³-hybridized carbons (Fsp3) is 0.286. The third-order valence-corrected chi connectivity index (χ3v) is 5.01. The average Bonchev–Trinajstić information content (AvgIpc) is 3.46. The zero-order valence-corrected chi connectivity index (χ0v) is 17.6. The van der Waals surface area contributed by atoms with Crippen molar-refractivity contribution >= 4 is 35.6 Å². The number of carbonyl (C=O) groups excluding carboxylic acids is 1. The van der Waals surface area contributed by atoms with E-state index in [0.717, 1.165) is 42.1 Å². The number of carbonyl (C=O) groups is 1. The zero-order chi connectivity index (χ0) is 19.5. The standard InChI is InChI=1S/C21H22ClN5O.ClH/c1-2-23-13-15-7-3-5-9-17(15)24-21(28)19-25-20(14-11-12-14)27(26-19)18-10-6-4-8-16(18)22;/h3-10,14,23H,2,11-13H2,1H3,(H,24,28);1H. The molecule has 3 aromatic rings. The quantitative estimate of drug-likeness (QED) is 0.573. The topological polar surface area (TPSA) is 71.8 Å². The average molecular weight is 432 g/mol. The number of halogens is 2. The molecule has 2 N–H and O–H groups in total. The first-order valence-corrected chi connectivity index (χ1v) is 9.87. The summed E-state index contributed by atoms with van der Waals surface area (Å²) in [5.41, 5.74) is 2.52. The monoisotopic (exact) mass is 431 g/mol. The molecule has 0 unspecified atom stereocenters. The Hall–Kier alpha value is -2.41. The van der Waals surface area contributed by atoms with Crippen LogP contribution in [0.4, 0.5) is 5.69 Å². The highest BCUT2D eigenvalue weighted by Gasteiger charge is 2.32. The van der Waals surface area contributed by atoms with Crippen LogP contribution < -0.4 is 10.6 Å². The first kappa shape index (κ1) is 21.3. The largest absolute Gasteiger partial charge is 0.319 e. The Bertz CT molecular complexity index is 1000. The van der Waals surface area contributed by atoms with Crippen molar-refractivity contribution in [3.8, 4) is 5.69 Å². The molecule has 6 nitrogen and oxygen atoms in total. The number of nitrogens with one attached hydrogen (secondary N) is 2. The number of rotatable bonds is 7. The Morgan fingerprint density at radius 2 is 1.90 bits per heavy atom. The molecule has 29 heavy (non-hydrogen) atoms. The van der Waals surface area contributed by atoms with Gasteiger partial charge in [-0.15, -0.1) is 17.5 Å². The maximum absolute atomic E-state index is 12.9. The normalized spacial score (nSPS) is 13.0. The molecule has 0 spiro atoms. The van der Waals surface area contributed by atoms with Crippen LogP contribution in [0.25, 0.3) is 5.69 Å². The first-order chi connectivity index (χ1) is 13.7. The Morgan fingerprint density at radius 3 is 2.62 bits per heavy atom. The lowest BCUT2D eigenvalue weighted by molar-refractivity contribution is 0.101. The molecule has 8 heteroatoms. The van der Waals surface area contributed by atoms with Gasteiger partial charge in [0.05, 0.1) is 10.7 Å². The molecule has 1 heterocycles. The van der Waals surface area contributed by atoms with E-state index in [1.807, 2.05) is 55.5 Å². The number of nitrogens with zero attached hydrogens (tertiary/aromatic N) is 3. The summed E-state index contributed by atoms with van der Waals surface area (Å²) in [6, 6.07) is 15.2. The van der Waals surface area contributed by atoms with Gasteiger partial charge in [0.2, 0.25) is 5.82 Å².